The highest BCUT2D eigenvalue weighted by Gasteiger charge is 2.10. The molecule has 0 fully saturated rings. The Kier molecular flexibility index (Phi) is 6.67. The van der Waals surface area contributed by atoms with Gasteiger partial charge in [0.2, 0.25) is 0 Å². The molecular formula is C18H18FN3O4. The highest BCUT2D eigenvalue weighted by Crippen LogP contribution is 2.16. The van der Waals surface area contributed by atoms with Gasteiger partial charge in [0.05, 0.1) is 5.69 Å². The van der Waals surface area contributed by atoms with E-state index in [1.807, 2.05) is 0 Å². The summed E-state index contributed by atoms with van der Waals surface area (Å²) in [6.45, 7) is 1.72. The number of carboxylic acid groups (broad SMARTS) is 1. The molecule has 136 valence electrons. The molecule has 2 N–H and O–H groups in total. The topological polar surface area (TPSA) is 92.5 Å². The van der Waals surface area contributed by atoms with Gasteiger partial charge in [-0.15, -0.1) is 0 Å². The van der Waals surface area contributed by atoms with Crippen molar-refractivity contribution in [2.75, 3.05) is 12.4 Å². The standard InChI is InChI=1S/C18H18FN3O4/c1-12(17(22-25-2)13-7-9-15(19)10-8-13)21-26-11-14-5-3-4-6-16(14)20-18(23)24/h3-10,20H,11H2,1-2H3,(H,23,24)/b21-12?,22-17+. The Morgan fingerprint density at radius 1 is 1.15 bits per heavy atom. The van der Waals surface area contributed by atoms with Crippen molar-refractivity contribution in [3.8, 4) is 0 Å². The van der Waals surface area contributed by atoms with Crippen molar-refractivity contribution in [1.29, 1.82) is 0 Å². The van der Waals surface area contributed by atoms with Crippen molar-refractivity contribution in [3.63, 3.8) is 0 Å². The zero-order valence-electron chi connectivity index (χ0n) is 14.3. The molecule has 0 aliphatic carbocycles. The zero-order chi connectivity index (χ0) is 18.9. The summed E-state index contributed by atoms with van der Waals surface area (Å²) in [4.78, 5) is 20.9. The van der Waals surface area contributed by atoms with Gasteiger partial charge in [-0.1, -0.05) is 28.5 Å². The van der Waals surface area contributed by atoms with Gasteiger partial charge in [-0.3, -0.25) is 5.32 Å². The van der Waals surface area contributed by atoms with Crippen LogP contribution in [-0.4, -0.2) is 29.7 Å². The molecule has 0 bridgehead atoms. The Balaban J connectivity index is 2.12. The third-order valence-electron chi connectivity index (χ3n) is 3.32. The van der Waals surface area contributed by atoms with Crippen LogP contribution >= 0.6 is 0 Å². The molecule has 0 aromatic heterocycles. The molecule has 8 heteroatoms. The first-order valence-electron chi connectivity index (χ1n) is 7.63. The lowest BCUT2D eigenvalue weighted by Crippen LogP contribution is -2.14. The number of para-hydroxylation sites is 1. The summed E-state index contributed by atoms with van der Waals surface area (Å²) < 4.78 is 13.1. The van der Waals surface area contributed by atoms with Gasteiger partial charge in [-0.05, 0) is 37.3 Å². The molecule has 2 aromatic rings. The van der Waals surface area contributed by atoms with Crippen LogP contribution in [0.5, 0.6) is 0 Å². The lowest BCUT2D eigenvalue weighted by Gasteiger charge is -2.09. The number of benzene rings is 2. The second-order valence-electron chi connectivity index (χ2n) is 5.17. The summed E-state index contributed by atoms with van der Waals surface area (Å²) >= 11 is 0. The first kappa shape index (κ1) is 18.9. The molecule has 0 aliphatic rings. The molecule has 2 aromatic carbocycles. The van der Waals surface area contributed by atoms with Gasteiger partial charge in [0.15, 0.2) is 0 Å². The van der Waals surface area contributed by atoms with Gasteiger partial charge >= 0.3 is 6.09 Å². The van der Waals surface area contributed by atoms with Gasteiger partial charge in [0, 0.05) is 11.1 Å². The van der Waals surface area contributed by atoms with Crippen LogP contribution in [0.1, 0.15) is 18.1 Å². The summed E-state index contributed by atoms with van der Waals surface area (Å²) in [5, 5.41) is 19.0. The summed E-state index contributed by atoms with van der Waals surface area (Å²) in [7, 11) is 1.39. The quantitative estimate of drug-likeness (QED) is 0.580. The summed E-state index contributed by atoms with van der Waals surface area (Å²) in [5.41, 5.74) is 2.47. The van der Waals surface area contributed by atoms with Gasteiger partial charge in [0.25, 0.3) is 0 Å². The van der Waals surface area contributed by atoms with E-state index >= 15 is 0 Å². The molecule has 0 spiro atoms. The Morgan fingerprint density at radius 3 is 2.50 bits per heavy atom. The van der Waals surface area contributed by atoms with Gasteiger partial charge in [0.1, 0.15) is 31.0 Å². The van der Waals surface area contributed by atoms with Crippen LogP contribution in [0, 0.1) is 5.82 Å². The molecule has 1 amide bonds. The Hall–Kier alpha value is -3.42. The summed E-state index contributed by atoms with van der Waals surface area (Å²) in [5.74, 6) is -0.362. The molecule has 0 saturated carbocycles. The molecular weight excluding hydrogens is 341 g/mol. The monoisotopic (exact) mass is 359 g/mol. The number of hydrogen-bond acceptors (Lipinski definition) is 5. The smallest absolute Gasteiger partial charge is 0.409 e. The normalized spacial score (nSPS) is 11.8. The van der Waals surface area contributed by atoms with E-state index in [0.29, 0.717) is 28.2 Å². The van der Waals surface area contributed by atoms with Crippen LogP contribution in [0.4, 0.5) is 14.9 Å². The Morgan fingerprint density at radius 2 is 1.85 bits per heavy atom. The zero-order valence-corrected chi connectivity index (χ0v) is 14.3. The van der Waals surface area contributed by atoms with E-state index in [1.165, 1.54) is 19.2 Å². The fourth-order valence-electron chi connectivity index (χ4n) is 2.15. The number of amides is 1. The fraction of sp³-hybridized carbons (Fsp3) is 0.167. The molecule has 0 radical (unpaired) electrons. The highest BCUT2D eigenvalue weighted by molar-refractivity contribution is 6.47. The number of halogens is 1. The molecule has 26 heavy (non-hydrogen) atoms. The van der Waals surface area contributed by atoms with E-state index in [4.69, 9.17) is 14.8 Å². The third-order valence-corrected chi connectivity index (χ3v) is 3.32. The summed E-state index contributed by atoms with van der Waals surface area (Å²) in [6.07, 6.45) is -1.16. The lowest BCUT2D eigenvalue weighted by molar-refractivity contribution is 0.131. The first-order chi connectivity index (χ1) is 12.5. The maximum Gasteiger partial charge on any atom is 0.409 e. The second-order valence-corrected chi connectivity index (χ2v) is 5.17. The molecule has 0 atom stereocenters. The fourth-order valence-corrected chi connectivity index (χ4v) is 2.15. The molecule has 0 saturated heterocycles. The number of hydrogen-bond donors (Lipinski definition) is 2. The number of nitrogens with zero attached hydrogens (tertiary/aromatic N) is 2. The van der Waals surface area contributed by atoms with Crippen LogP contribution in [0.2, 0.25) is 0 Å². The minimum Gasteiger partial charge on any atom is -0.465 e. The van der Waals surface area contributed by atoms with Crippen LogP contribution in [-0.2, 0) is 16.3 Å². The van der Waals surface area contributed by atoms with Crippen molar-refractivity contribution in [3.05, 3.63) is 65.5 Å². The minimum absolute atomic E-state index is 0.0530. The van der Waals surface area contributed by atoms with Gasteiger partial charge < -0.3 is 14.8 Å². The van der Waals surface area contributed by atoms with Crippen molar-refractivity contribution < 1.29 is 24.0 Å². The Labute approximate surface area is 149 Å². The molecule has 0 unspecified atom stereocenters. The van der Waals surface area contributed by atoms with E-state index in [2.05, 4.69) is 15.6 Å². The van der Waals surface area contributed by atoms with Crippen LogP contribution < -0.4 is 5.32 Å². The summed E-state index contributed by atoms with van der Waals surface area (Å²) in [6, 6.07) is 12.5. The van der Waals surface area contributed by atoms with Crippen molar-refractivity contribution >= 4 is 23.2 Å². The van der Waals surface area contributed by atoms with E-state index in [-0.39, 0.29) is 12.4 Å². The molecule has 0 heterocycles. The molecule has 7 nitrogen and oxygen atoms in total. The highest BCUT2D eigenvalue weighted by atomic mass is 19.1. The van der Waals surface area contributed by atoms with E-state index < -0.39 is 6.09 Å². The average Bonchev–Trinajstić information content (AvgIpc) is 2.61. The van der Waals surface area contributed by atoms with Gasteiger partial charge in [-0.25, -0.2) is 9.18 Å². The maximum atomic E-state index is 13.1. The molecule has 2 rings (SSSR count). The largest absolute Gasteiger partial charge is 0.465 e. The number of nitrogens with one attached hydrogen (secondary N) is 1. The van der Waals surface area contributed by atoms with Crippen molar-refractivity contribution in [1.82, 2.24) is 0 Å². The lowest BCUT2D eigenvalue weighted by atomic mass is 10.1. The average molecular weight is 359 g/mol. The second kappa shape index (κ2) is 9.16. The minimum atomic E-state index is -1.16. The van der Waals surface area contributed by atoms with Crippen LogP contribution in [0.25, 0.3) is 0 Å². The van der Waals surface area contributed by atoms with Gasteiger partial charge in [-0.2, -0.15) is 0 Å². The first-order valence-corrected chi connectivity index (χ1v) is 7.63. The van der Waals surface area contributed by atoms with Crippen molar-refractivity contribution in [2.24, 2.45) is 10.3 Å². The Bertz CT molecular complexity index is 819. The van der Waals surface area contributed by atoms with E-state index in [9.17, 15) is 9.18 Å². The van der Waals surface area contributed by atoms with Crippen LogP contribution in [0.3, 0.4) is 0 Å². The van der Waals surface area contributed by atoms with E-state index in [1.54, 1.807) is 43.3 Å². The number of rotatable bonds is 7. The number of oxime groups is 2. The predicted molar refractivity (Wildman–Crippen MR) is 95.9 cm³/mol. The maximum absolute atomic E-state index is 13.1. The SMILES string of the molecule is CO/N=C(\C(C)=NOCc1ccccc1NC(=O)O)c1ccc(F)cc1. The number of anilines is 1. The molecule has 0 aliphatic heterocycles. The number of carbonyl (C=O) groups is 1. The van der Waals surface area contributed by atoms with Crippen LogP contribution in [0.15, 0.2) is 58.8 Å². The predicted octanol–water partition coefficient (Wildman–Crippen LogP) is 3.86. The van der Waals surface area contributed by atoms with Crippen molar-refractivity contribution in [2.45, 2.75) is 13.5 Å². The third kappa shape index (κ3) is 5.30. The van der Waals surface area contributed by atoms with E-state index in [0.717, 1.165) is 0 Å².